The van der Waals surface area contributed by atoms with Crippen LogP contribution in [0.3, 0.4) is 0 Å². The van der Waals surface area contributed by atoms with Crippen LogP contribution >= 0.6 is 0 Å². The molecule has 0 N–H and O–H groups in total. The van der Waals surface area contributed by atoms with Crippen molar-refractivity contribution >= 4 is 78.6 Å². The number of para-hydroxylation sites is 1. The molecule has 0 aliphatic carbocycles. The fourth-order valence-electron chi connectivity index (χ4n) is 10.2. The lowest BCUT2D eigenvalue weighted by molar-refractivity contribution is 0.590. The molecule has 2 aliphatic rings. The van der Waals surface area contributed by atoms with E-state index < -0.39 is 0 Å². The fourth-order valence-corrected chi connectivity index (χ4v) is 10.2. The van der Waals surface area contributed by atoms with E-state index in [1.165, 1.54) is 88.3 Å². The lowest BCUT2D eigenvalue weighted by Crippen LogP contribution is -2.56. The summed E-state index contributed by atoms with van der Waals surface area (Å²) in [5, 5.41) is 4.97. The Kier molecular flexibility index (Phi) is 7.26. The van der Waals surface area contributed by atoms with Gasteiger partial charge in [0.05, 0.1) is 0 Å². The van der Waals surface area contributed by atoms with E-state index in [9.17, 15) is 0 Å². The van der Waals surface area contributed by atoms with Crippen LogP contribution in [0.25, 0.3) is 77.1 Å². The van der Waals surface area contributed by atoms with Crippen LogP contribution in [-0.2, 0) is 10.8 Å². The van der Waals surface area contributed by atoms with E-state index in [1.807, 2.05) is 0 Å². The molecule has 8 aromatic carbocycles. The van der Waals surface area contributed by atoms with Gasteiger partial charge in [0.25, 0.3) is 0 Å². The molecule has 60 heavy (non-hydrogen) atoms. The topological polar surface area (TPSA) is 21.3 Å². The van der Waals surface area contributed by atoms with Crippen molar-refractivity contribution in [3.8, 4) is 33.4 Å². The molecule has 0 unspecified atom stereocenters. The average Bonchev–Trinajstić information content (AvgIpc) is 3.80. The van der Waals surface area contributed by atoms with Gasteiger partial charge in [-0.05, 0) is 109 Å². The number of hydrogen-bond acceptors (Lipinski definition) is 2. The van der Waals surface area contributed by atoms with Crippen molar-refractivity contribution in [2.45, 2.75) is 52.4 Å². The molecule has 0 amide bonds. The molecule has 2 aromatic heterocycles. The summed E-state index contributed by atoms with van der Waals surface area (Å²) < 4.78 is 9.60. The predicted octanol–water partition coefficient (Wildman–Crippen LogP) is 14.0. The van der Waals surface area contributed by atoms with E-state index >= 15 is 0 Å². The van der Waals surface area contributed by atoms with Crippen molar-refractivity contribution in [2.75, 3.05) is 4.90 Å². The van der Waals surface area contributed by atoms with Crippen molar-refractivity contribution in [2.24, 2.45) is 0 Å². The maximum Gasteiger partial charge on any atom is 0.333 e. The number of hydrogen-bond donors (Lipinski definition) is 0. The van der Waals surface area contributed by atoms with Gasteiger partial charge in [0.1, 0.15) is 11.2 Å². The lowest BCUT2D eigenvalue weighted by Gasteiger charge is -2.41. The highest BCUT2D eigenvalue weighted by Crippen LogP contribution is 2.51. The molecule has 0 fully saturated rings. The monoisotopic (exact) mass is 772 g/mol. The number of nitrogens with zero attached hydrogens (tertiary/aromatic N) is 2. The molecule has 0 spiro atoms. The van der Waals surface area contributed by atoms with Gasteiger partial charge in [-0.3, -0.25) is 0 Å². The lowest BCUT2D eigenvalue weighted by atomic mass is 9.44. The quantitative estimate of drug-likeness (QED) is 0.167. The Hall–Kier alpha value is -6.78. The summed E-state index contributed by atoms with van der Waals surface area (Å²) in [5.74, 6) is 0. The van der Waals surface area contributed by atoms with E-state index in [2.05, 4.69) is 215 Å². The van der Waals surface area contributed by atoms with Crippen LogP contribution in [-0.4, -0.2) is 11.3 Å². The minimum atomic E-state index is -0.0972. The first-order valence-electron chi connectivity index (χ1n) is 21.3. The summed E-state index contributed by atoms with van der Waals surface area (Å²) >= 11 is 0. The number of furan rings is 1. The highest BCUT2D eigenvalue weighted by atomic mass is 16.3. The zero-order valence-corrected chi connectivity index (χ0v) is 35.0. The molecule has 288 valence electrons. The zero-order valence-electron chi connectivity index (χ0n) is 35.0. The van der Waals surface area contributed by atoms with Crippen LogP contribution in [0, 0.1) is 0 Å². The Balaban J connectivity index is 1.26. The molecule has 10 aromatic rings. The first-order chi connectivity index (χ1) is 29.0. The zero-order chi connectivity index (χ0) is 40.7. The highest BCUT2D eigenvalue weighted by Gasteiger charge is 2.45. The van der Waals surface area contributed by atoms with E-state index in [0.29, 0.717) is 0 Å². The van der Waals surface area contributed by atoms with Crippen molar-refractivity contribution < 1.29 is 4.42 Å². The number of rotatable bonds is 3. The molecular weight excluding hydrogens is 727 g/mol. The van der Waals surface area contributed by atoms with Gasteiger partial charge in [0.15, 0.2) is 0 Å². The molecule has 12 rings (SSSR count). The molecule has 3 nitrogen and oxygen atoms in total. The Morgan fingerprint density at radius 3 is 1.83 bits per heavy atom. The van der Waals surface area contributed by atoms with Crippen LogP contribution in [0.4, 0.5) is 17.1 Å². The van der Waals surface area contributed by atoms with Gasteiger partial charge in [-0.25, -0.2) is 0 Å². The Bertz CT molecular complexity index is 3380. The van der Waals surface area contributed by atoms with Crippen LogP contribution in [0.2, 0.25) is 0 Å². The molecule has 2 aliphatic heterocycles. The molecule has 0 atom stereocenters. The first kappa shape index (κ1) is 35.2. The largest absolute Gasteiger partial charge is 0.456 e. The third kappa shape index (κ3) is 5.03. The van der Waals surface area contributed by atoms with Crippen LogP contribution in [0.5, 0.6) is 0 Å². The van der Waals surface area contributed by atoms with Crippen LogP contribution in [0.1, 0.15) is 52.7 Å². The number of aromatic nitrogens is 1. The van der Waals surface area contributed by atoms with Gasteiger partial charge in [-0.2, -0.15) is 0 Å². The SMILES string of the molecule is CC(C)(C)c1ccc2c(c1)c1cc(C(C)(C)C)cc3c1n2B1c2cc(-c4ccccc4)ccc2N(c2ccc(-c4ccccc4)cc2)c2cc4oc5ccccc5c4c-3c21. The van der Waals surface area contributed by atoms with E-state index in [0.717, 1.165) is 27.9 Å². The number of anilines is 3. The summed E-state index contributed by atoms with van der Waals surface area (Å²) in [6.45, 7) is 13.9. The molecule has 0 bridgehead atoms. The maximum atomic E-state index is 6.91. The van der Waals surface area contributed by atoms with Crippen molar-refractivity contribution in [1.29, 1.82) is 0 Å². The summed E-state index contributed by atoms with van der Waals surface area (Å²) in [4.78, 5) is 2.50. The number of fused-ring (bicyclic) bond motifs is 11. The normalized spacial score (nSPS) is 13.4. The first-order valence-corrected chi connectivity index (χ1v) is 21.3. The van der Waals surface area contributed by atoms with E-state index in [4.69, 9.17) is 4.42 Å². The summed E-state index contributed by atoms with van der Waals surface area (Å²) in [6.07, 6.45) is 0. The second kappa shape index (κ2) is 12.4. The fraction of sp³-hybridized carbons (Fsp3) is 0.143. The average molecular weight is 773 g/mol. The second-order valence-electron chi connectivity index (χ2n) is 19.0. The Morgan fingerprint density at radius 2 is 1.12 bits per heavy atom. The van der Waals surface area contributed by atoms with Crippen molar-refractivity contribution in [1.82, 2.24) is 4.48 Å². The minimum Gasteiger partial charge on any atom is -0.456 e. The molecule has 0 saturated heterocycles. The molecule has 0 saturated carbocycles. The second-order valence-corrected chi connectivity index (χ2v) is 19.0. The van der Waals surface area contributed by atoms with Gasteiger partial charge in [-0.15, -0.1) is 0 Å². The van der Waals surface area contributed by atoms with Gasteiger partial charge in [0, 0.05) is 61.3 Å². The summed E-state index contributed by atoms with van der Waals surface area (Å²) in [5.41, 5.74) is 20.4. The van der Waals surface area contributed by atoms with Gasteiger partial charge >= 0.3 is 6.85 Å². The molecular formula is C56H45BN2O. The van der Waals surface area contributed by atoms with Crippen molar-refractivity contribution in [3.05, 3.63) is 175 Å². The molecule has 4 heteroatoms. The van der Waals surface area contributed by atoms with Crippen LogP contribution in [0.15, 0.2) is 168 Å². The highest BCUT2D eigenvalue weighted by molar-refractivity contribution is 6.90. The Morgan fingerprint density at radius 1 is 0.483 bits per heavy atom. The number of benzene rings is 8. The molecule has 4 heterocycles. The van der Waals surface area contributed by atoms with Crippen LogP contribution < -0.4 is 15.8 Å². The van der Waals surface area contributed by atoms with Gasteiger partial charge in [-0.1, -0.05) is 151 Å². The third-order valence-corrected chi connectivity index (χ3v) is 13.3. The standard InChI is InChI=1S/C56H45BN2O/c1-55(2,3)38-24-28-46-42(30-38)43-31-39(56(4,5)6)32-44-52-51-41-19-13-14-20-49(41)60-50(51)33-48-53(52)57(59(46)54(43)44)45-29-37(35-17-11-8-12-18-35)23-27-47(45)58(48)40-25-21-36(22-26-40)34-15-9-7-10-16-34/h7-33H,1-6H3. The van der Waals surface area contributed by atoms with Gasteiger partial charge < -0.3 is 13.8 Å². The predicted molar refractivity (Wildman–Crippen MR) is 256 cm³/mol. The summed E-state index contributed by atoms with van der Waals surface area (Å²) in [6, 6.07) is 60.9. The van der Waals surface area contributed by atoms with E-state index in [-0.39, 0.29) is 17.7 Å². The third-order valence-electron chi connectivity index (χ3n) is 13.3. The summed E-state index contributed by atoms with van der Waals surface area (Å²) in [7, 11) is 0. The van der Waals surface area contributed by atoms with Gasteiger partial charge in [0.2, 0.25) is 0 Å². The van der Waals surface area contributed by atoms with E-state index in [1.54, 1.807) is 0 Å². The Labute approximate surface area is 351 Å². The minimum absolute atomic E-state index is 0.00382. The smallest absolute Gasteiger partial charge is 0.333 e. The van der Waals surface area contributed by atoms with Crippen molar-refractivity contribution in [3.63, 3.8) is 0 Å². The molecule has 0 radical (unpaired) electrons. The maximum absolute atomic E-state index is 6.91.